The van der Waals surface area contributed by atoms with E-state index in [9.17, 15) is 26.7 Å². The lowest BCUT2D eigenvalue weighted by molar-refractivity contribution is -0.135. The Balaban J connectivity index is 1.78. The number of benzene rings is 1. The van der Waals surface area contributed by atoms with E-state index in [4.69, 9.17) is 16.3 Å². The van der Waals surface area contributed by atoms with E-state index in [1.807, 2.05) is 0 Å². The molecule has 0 saturated carbocycles. The molecular weight excluding hydrogens is 469 g/mol. The van der Waals surface area contributed by atoms with Crippen molar-refractivity contribution in [2.75, 3.05) is 5.88 Å². The Hall–Kier alpha value is -2.88. The van der Waals surface area contributed by atoms with Crippen LogP contribution in [0.15, 0.2) is 36.5 Å². The van der Waals surface area contributed by atoms with Crippen LogP contribution < -0.4 is 10.1 Å². The third-order valence-corrected chi connectivity index (χ3v) is 5.34. The number of aromatic nitrogens is 2. The molecule has 0 saturated heterocycles. The number of ether oxygens (including phenoxy) is 1. The maximum absolute atomic E-state index is 13.9. The summed E-state index contributed by atoms with van der Waals surface area (Å²) in [6.07, 6.45) is -3.79. The van der Waals surface area contributed by atoms with Gasteiger partial charge >= 0.3 is 6.18 Å². The average Bonchev–Trinajstić information content (AvgIpc) is 3.08. The first-order chi connectivity index (χ1) is 15.6. The first-order valence-electron chi connectivity index (χ1n) is 10.1. The number of nitrogens with zero attached hydrogens (tertiary/aromatic N) is 2. The molecule has 178 valence electrons. The van der Waals surface area contributed by atoms with Crippen molar-refractivity contribution in [3.63, 3.8) is 0 Å². The molecule has 0 aliphatic rings. The summed E-state index contributed by atoms with van der Waals surface area (Å²) in [6.45, 7) is 1.20. The van der Waals surface area contributed by atoms with Gasteiger partial charge in [-0.05, 0) is 44.0 Å². The fourth-order valence-corrected chi connectivity index (χ4v) is 3.58. The van der Waals surface area contributed by atoms with Crippen LogP contribution in [0.3, 0.4) is 0 Å². The van der Waals surface area contributed by atoms with E-state index < -0.39 is 36.2 Å². The van der Waals surface area contributed by atoms with Gasteiger partial charge in [0.25, 0.3) is 5.91 Å². The Kier molecular flexibility index (Phi) is 7.78. The highest BCUT2D eigenvalue weighted by atomic mass is 35.5. The number of aryl methyl sites for hydroxylation is 1. The number of carbonyl (C=O) groups is 1. The van der Waals surface area contributed by atoms with Crippen molar-refractivity contribution in [2.45, 2.75) is 45.0 Å². The van der Waals surface area contributed by atoms with Crippen molar-refractivity contribution in [3.8, 4) is 5.75 Å². The molecule has 0 aliphatic heterocycles. The number of carbonyl (C=O) groups excluding carboxylic acids is 1. The van der Waals surface area contributed by atoms with E-state index in [-0.39, 0.29) is 48.0 Å². The summed E-state index contributed by atoms with van der Waals surface area (Å²) in [5.41, 5.74) is 0.489. The first kappa shape index (κ1) is 24.8. The Bertz CT molecular complexity index is 1110. The molecule has 3 rings (SSSR count). The van der Waals surface area contributed by atoms with E-state index in [1.54, 1.807) is 25.3 Å². The number of hydrogen-bond acceptors (Lipinski definition) is 3. The van der Waals surface area contributed by atoms with Gasteiger partial charge in [0, 0.05) is 24.5 Å². The van der Waals surface area contributed by atoms with Gasteiger partial charge in [-0.1, -0.05) is 6.07 Å². The predicted molar refractivity (Wildman–Crippen MR) is 112 cm³/mol. The highest BCUT2D eigenvalue weighted by Gasteiger charge is 2.27. The van der Waals surface area contributed by atoms with Gasteiger partial charge in [0.05, 0.1) is 11.3 Å². The Morgan fingerprint density at radius 3 is 2.55 bits per heavy atom. The highest BCUT2D eigenvalue weighted by Crippen LogP contribution is 2.25. The van der Waals surface area contributed by atoms with E-state index in [1.165, 1.54) is 10.5 Å². The molecule has 2 heterocycles. The highest BCUT2D eigenvalue weighted by molar-refractivity contribution is 6.18. The SMILES string of the molecule is Cc1nc2c(OCc3c(F)cccc3F)cccn2c1C(=O)NC(CCl)CCCC(F)(F)F. The molecule has 2 aromatic heterocycles. The molecule has 1 aromatic carbocycles. The van der Waals surface area contributed by atoms with E-state index >= 15 is 0 Å². The lowest BCUT2D eigenvalue weighted by Gasteiger charge is -2.17. The van der Waals surface area contributed by atoms with Crippen LogP contribution in [0.5, 0.6) is 5.75 Å². The molecule has 0 radical (unpaired) electrons. The maximum Gasteiger partial charge on any atom is 0.389 e. The van der Waals surface area contributed by atoms with Crippen LogP contribution in [-0.4, -0.2) is 33.4 Å². The van der Waals surface area contributed by atoms with Crippen LogP contribution in [0, 0.1) is 18.6 Å². The largest absolute Gasteiger partial charge is 0.485 e. The van der Waals surface area contributed by atoms with Crippen LogP contribution in [0.2, 0.25) is 0 Å². The van der Waals surface area contributed by atoms with Crippen LogP contribution in [-0.2, 0) is 6.61 Å². The van der Waals surface area contributed by atoms with E-state index in [0.29, 0.717) is 5.69 Å². The first-order valence-corrected chi connectivity index (χ1v) is 10.6. The zero-order chi connectivity index (χ0) is 24.2. The van der Waals surface area contributed by atoms with Crippen molar-refractivity contribution in [1.29, 1.82) is 0 Å². The van der Waals surface area contributed by atoms with Crippen molar-refractivity contribution < 1.29 is 31.5 Å². The summed E-state index contributed by atoms with van der Waals surface area (Å²) >= 11 is 5.83. The topological polar surface area (TPSA) is 55.6 Å². The molecule has 1 N–H and O–H groups in total. The minimum absolute atomic E-state index is 0.0536. The van der Waals surface area contributed by atoms with Crippen molar-refractivity contribution in [2.24, 2.45) is 0 Å². The molecule has 1 unspecified atom stereocenters. The van der Waals surface area contributed by atoms with Crippen LogP contribution in [0.25, 0.3) is 5.65 Å². The minimum Gasteiger partial charge on any atom is -0.485 e. The monoisotopic (exact) mass is 489 g/mol. The van der Waals surface area contributed by atoms with Crippen LogP contribution in [0.4, 0.5) is 22.0 Å². The summed E-state index contributed by atoms with van der Waals surface area (Å²) in [5, 5.41) is 2.64. The van der Waals surface area contributed by atoms with Gasteiger partial charge in [-0.3, -0.25) is 9.20 Å². The number of fused-ring (bicyclic) bond motifs is 1. The summed E-state index contributed by atoms with van der Waals surface area (Å²) in [5.74, 6) is -1.92. The number of hydrogen-bond donors (Lipinski definition) is 1. The van der Waals surface area contributed by atoms with Gasteiger partial charge in [-0.25, -0.2) is 13.8 Å². The number of rotatable bonds is 9. The summed E-state index contributed by atoms with van der Waals surface area (Å²) in [7, 11) is 0. The fourth-order valence-electron chi connectivity index (χ4n) is 3.35. The molecule has 5 nitrogen and oxygen atoms in total. The fraction of sp³-hybridized carbons (Fsp3) is 0.364. The Labute approximate surface area is 191 Å². The van der Waals surface area contributed by atoms with E-state index in [2.05, 4.69) is 10.3 Å². The molecule has 0 spiro atoms. The number of alkyl halides is 4. The van der Waals surface area contributed by atoms with Crippen molar-refractivity contribution in [3.05, 3.63) is 65.1 Å². The second kappa shape index (κ2) is 10.4. The van der Waals surface area contributed by atoms with Crippen LogP contribution in [0.1, 0.15) is 41.0 Å². The Morgan fingerprint density at radius 1 is 1.21 bits per heavy atom. The minimum atomic E-state index is -4.28. The molecule has 1 amide bonds. The van der Waals surface area contributed by atoms with Crippen LogP contribution >= 0.6 is 11.6 Å². The van der Waals surface area contributed by atoms with Gasteiger partial charge in [0.15, 0.2) is 11.4 Å². The van der Waals surface area contributed by atoms with Gasteiger partial charge in [0.2, 0.25) is 0 Å². The second-order valence-corrected chi connectivity index (χ2v) is 7.74. The number of nitrogens with one attached hydrogen (secondary N) is 1. The van der Waals surface area contributed by atoms with E-state index in [0.717, 1.165) is 12.1 Å². The molecule has 1 atom stereocenters. The molecule has 11 heteroatoms. The van der Waals surface area contributed by atoms with Crippen molar-refractivity contribution >= 4 is 23.2 Å². The summed E-state index contributed by atoms with van der Waals surface area (Å²) < 4.78 is 72.0. The number of imidazole rings is 1. The number of pyridine rings is 1. The lowest BCUT2D eigenvalue weighted by atomic mass is 10.1. The standard InChI is InChI=1S/C22H21ClF5N3O2/c1-13-19(21(32)30-14(11-23)5-3-9-22(26,27)28)31-10-4-8-18(20(31)29-13)33-12-15-16(24)6-2-7-17(15)25/h2,4,6-8,10,14H,3,5,9,11-12H2,1H3,(H,30,32). The molecule has 0 bridgehead atoms. The lowest BCUT2D eigenvalue weighted by Crippen LogP contribution is -2.37. The number of halogens is 6. The predicted octanol–water partition coefficient (Wildman–Crippen LogP) is 5.57. The third-order valence-electron chi connectivity index (χ3n) is 4.97. The summed E-state index contributed by atoms with van der Waals surface area (Å²) in [6, 6.07) is 5.93. The zero-order valence-corrected chi connectivity index (χ0v) is 18.3. The average molecular weight is 490 g/mol. The van der Waals surface area contributed by atoms with Gasteiger partial charge in [-0.15, -0.1) is 11.6 Å². The molecule has 3 aromatic rings. The smallest absolute Gasteiger partial charge is 0.389 e. The molecular formula is C22H21ClF5N3O2. The quantitative estimate of drug-likeness (QED) is 0.316. The van der Waals surface area contributed by atoms with Crippen molar-refractivity contribution in [1.82, 2.24) is 14.7 Å². The maximum atomic E-state index is 13.9. The summed E-state index contributed by atoms with van der Waals surface area (Å²) in [4.78, 5) is 17.2. The van der Waals surface area contributed by atoms with Gasteiger partial charge in [0.1, 0.15) is 23.9 Å². The molecule has 0 fully saturated rings. The van der Waals surface area contributed by atoms with Gasteiger partial charge in [-0.2, -0.15) is 13.2 Å². The third kappa shape index (κ3) is 6.13. The zero-order valence-electron chi connectivity index (χ0n) is 17.6. The Morgan fingerprint density at radius 2 is 1.91 bits per heavy atom. The second-order valence-electron chi connectivity index (χ2n) is 7.43. The van der Waals surface area contributed by atoms with Gasteiger partial charge < -0.3 is 10.1 Å². The normalized spacial score (nSPS) is 12.7. The number of amides is 1. The molecule has 0 aliphatic carbocycles. The molecule has 33 heavy (non-hydrogen) atoms.